The minimum atomic E-state index is -0.0110. The molecule has 2 rings (SSSR count). The van der Waals surface area contributed by atoms with Crippen molar-refractivity contribution in [2.45, 2.75) is 44.4 Å². The van der Waals surface area contributed by atoms with Crippen LogP contribution in [0.2, 0.25) is 0 Å². The number of thioether (sulfide) groups is 1. The van der Waals surface area contributed by atoms with E-state index in [0.29, 0.717) is 16.9 Å². The molecule has 1 unspecified atom stereocenters. The van der Waals surface area contributed by atoms with E-state index in [4.69, 9.17) is 0 Å². The Labute approximate surface area is 132 Å². The van der Waals surface area contributed by atoms with Gasteiger partial charge in [-0.1, -0.05) is 13.3 Å². The van der Waals surface area contributed by atoms with Gasteiger partial charge < -0.3 is 5.32 Å². The number of aromatic nitrogens is 2. The molecule has 0 spiro atoms. The molecule has 1 atom stereocenters. The Bertz CT molecular complexity index is 502. The minimum Gasteiger partial charge on any atom is -0.380 e. The van der Waals surface area contributed by atoms with Crippen molar-refractivity contribution in [2.75, 3.05) is 18.1 Å². The van der Waals surface area contributed by atoms with E-state index in [1.54, 1.807) is 10.9 Å². The predicted octanol–water partition coefficient (Wildman–Crippen LogP) is 3.36. The van der Waals surface area contributed by atoms with E-state index >= 15 is 0 Å². The molecule has 0 radical (unpaired) electrons. The molecule has 1 N–H and O–H groups in total. The summed E-state index contributed by atoms with van der Waals surface area (Å²) in [6, 6.07) is 0. The Kier molecular flexibility index (Phi) is 5.96. The van der Waals surface area contributed by atoms with Gasteiger partial charge in [-0.3, -0.25) is 4.79 Å². The maximum absolute atomic E-state index is 12.4. The zero-order valence-electron chi connectivity index (χ0n) is 12.1. The van der Waals surface area contributed by atoms with Crippen molar-refractivity contribution in [3.8, 4) is 0 Å². The van der Waals surface area contributed by atoms with Crippen LogP contribution in [0.15, 0.2) is 15.5 Å². The molecule has 1 aliphatic carbocycles. The summed E-state index contributed by atoms with van der Waals surface area (Å²) in [4.78, 5) is 12.4. The van der Waals surface area contributed by atoms with Crippen LogP contribution in [0.3, 0.4) is 0 Å². The van der Waals surface area contributed by atoms with E-state index in [0.717, 1.165) is 24.0 Å². The molecule has 0 aliphatic heterocycles. The average Bonchev–Trinajstić information content (AvgIpc) is 2.39. The number of rotatable bonds is 7. The lowest BCUT2D eigenvalue weighted by molar-refractivity contribution is 0.262. The van der Waals surface area contributed by atoms with Crippen LogP contribution in [0, 0.1) is 5.92 Å². The second-order valence-electron chi connectivity index (χ2n) is 5.41. The standard InChI is InChI=1S/C14H22BrN3OS/c1-10(20-2)6-7-16-13-12(15)8-17-18(14(13)19)9-11-4-3-5-11/h8,10-11,16H,3-7,9H2,1-2H3. The van der Waals surface area contributed by atoms with Gasteiger partial charge in [-0.25, -0.2) is 4.68 Å². The van der Waals surface area contributed by atoms with Crippen LogP contribution in [0.4, 0.5) is 5.69 Å². The van der Waals surface area contributed by atoms with Gasteiger partial charge >= 0.3 is 0 Å². The summed E-state index contributed by atoms with van der Waals surface area (Å²) in [7, 11) is 0. The quantitative estimate of drug-likeness (QED) is 0.810. The van der Waals surface area contributed by atoms with Gasteiger partial charge in [-0.05, 0) is 47.4 Å². The molecule has 1 fully saturated rings. The molecule has 6 heteroatoms. The Morgan fingerprint density at radius 1 is 1.60 bits per heavy atom. The SMILES string of the molecule is CSC(C)CCNc1c(Br)cnn(CC2CCC2)c1=O. The van der Waals surface area contributed by atoms with Crippen molar-refractivity contribution in [3.05, 3.63) is 21.0 Å². The van der Waals surface area contributed by atoms with Gasteiger partial charge in [0.05, 0.1) is 10.7 Å². The van der Waals surface area contributed by atoms with Crippen LogP contribution in [-0.2, 0) is 6.54 Å². The molecular weight excluding hydrogens is 338 g/mol. The number of hydrogen-bond acceptors (Lipinski definition) is 4. The van der Waals surface area contributed by atoms with Crippen molar-refractivity contribution in [3.63, 3.8) is 0 Å². The Morgan fingerprint density at radius 2 is 2.35 bits per heavy atom. The molecule has 0 saturated heterocycles. The van der Waals surface area contributed by atoms with Crippen molar-refractivity contribution in [2.24, 2.45) is 5.92 Å². The highest BCUT2D eigenvalue weighted by atomic mass is 79.9. The molecule has 1 aromatic heterocycles. The zero-order chi connectivity index (χ0) is 14.5. The fourth-order valence-corrected chi connectivity index (χ4v) is 2.95. The summed E-state index contributed by atoms with van der Waals surface area (Å²) < 4.78 is 2.36. The summed E-state index contributed by atoms with van der Waals surface area (Å²) in [5, 5.41) is 8.09. The third-order valence-corrected chi connectivity index (χ3v) is 5.55. The van der Waals surface area contributed by atoms with Gasteiger partial charge in [0.25, 0.3) is 5.56 Å². The smallest absolute Gasteiger partial charge is 0.291 e. The third-order valence-electron chi connectivity index (χ3n) is 3.91. The second-order valence-corrected chi connectivity index (χ2v) is 7.54. The molecule has 112 valence electrons. The number of hydrogen-bond donors (Lipinski definition) is 1. The molecule has 0 bridgehead atoms. The minimum absolute atomic E-state index is 0.0110. The number of halogens is 1. The predicted molar refractivity (Wildman–Crippen MR) is 89.6 cm³/mol. The lowest BCUT2D eigenvalue weighted by Crippen LogP contribution is -2.31. The van der Waals surface area contributed by atoms with E-state index in [2.05, 4.69) is 39.5 Å². The van der Waals surface area contributed by atoms with E-state index in [1.165, 1.54) is 19.3 Å². The fraction of sp³-hybridized carbons (Fsp3) is 0.714. The molecule has 1 saturated carbocycles. The second kappa shape index (κ2) is 7.50. The van der Waals surface area contributed by atoms with Crippen molar-refractivity contribution in [1.29, 1.82) is 0 Å². The Hall–Kier alpha value is -0.490. The van der Waals surface area contributed by atoms with Crippen LogP contribution < -0.4 is 10.9 Å². The molecule has 0 amide bonds. The molecule has 0 aromatic carbocycles. The molecule has 1 aliphatic rings. The summed E-state index contributed by atoms with van der Waals surface area (Å²) in [6.45, 7) is 3.76. The van der Waals surface area contributed by atoms with Gasteiger partial charge in [0, 0.05) is 18.3 Å². The van der Waals surface area contributed by atoms with Gasteiger partial charge in [0.1, 0.15) is 5.69 Å². The molecule has 1 heterocycles. The van der Waals surface area contributed by atoms with Crippen LogP contribution in [-0.4, -0.2) is 27.8 Å². The highest BCUT2D eigenvalue weighted by Crippen LogP contribution is 2.27. The summed E-state index contributed by atoms with van der Waals surface area (Å²) >= 11 is 5.26. The first-order chi connectivity index (χ1) is 9.61. The monoisotopic (exact) mass is 359 g/mol. The Morgan fingerprint density at radius 3 is 2.95 bits per heavy atom. The summed E-state index contributed by atoms with van der Waals surface area (Å²) in [6.07, 6.45) is 8.60. The molecule has 1 aromatic rings. The molecule has 4 nitrogen and oxygen atoms in total. The van der Waals surface area contributed by atoms with Gasteiger partial charge in [0.2, 0.25) is 0 Å². The van der Waals surface area contributed by atoms with Gasteiger partial charge in [-0.2, -0.15) is 16.9 Å². The summed E-state index contributed by atoms with van der Waals surface area (Å²) in [5.74, 6) is 0.630. The fourth-order valence-electron chi connectivity index (χ4n) is 2.20. The van der Waals surface area contributed by atoms with Gasteiger partial charge in [-0.15, -0.1) is 0 Å². The van der Waals surface area contributed by atoms with Gasteiger partial charge in [0.15, 0.2) is 0 Å². The van der Waals surface area contributed by atoms with Crippen LogP contribution in [0.5, 0.6) is 0 Å². The first-order valence-electron chi connectivity index (χ1n) is 7.14. The van der Waals surface area contributed by atoms with E-state index < -0.39 is 0 Å². The normalized spacial score (nSPS) is 16.8. The van der Waals surface area contributed by atoms with E-state index in [9.17, 15) is 4.79 Å². The lowest BCUT2D eigenvalue weighted by Gasteiger charge is -2.25. The topological polar surface area (TPSA) is 46.9 Å². The molecular formula is C14H22BrN3OS. The summed E-state index contributed by atoms with van der Waals surface area (Å²) in [5.41, 5.74) is 0.635. The number of anilines is 1. The third kappa shape index (κ3) is 4.01. The largest absolute Gasteiger partial charge is 0.380 e. The van der Waals surface area contributed by atoms with Crippen molar-refractivity contribution < 1.29 is 0 Å². The number of nitrogens with zero attached hydrogens (tertiary/aromatic N) is 2. The van der Waals surface area contributed by atoms with Crippen molar-refractivity contribution in [1.82, 2.24) is 9.78 Å². The van der Waals surface area contributed by atoms with Crippen LogP contribution in [0.25, 0.3) is 0 Å². The van der Waals surface area contributed by atoms with Crippen molar-refractivity contribution >= 4 is 33.4 Å². The van der Waals surface area contributed by atoms with Crippen LogP contribution in [0.1, 0.15) is 32.6 Å². The van der Waals surface area contributed by atoms with E-state index in [1.807, 2.05) is 11.8 Å². The first kappa shape index (κ1) is 15.9. The zero-order valence-corrected chi connectivity index (χ0v) is 14.5. The maximum Gasteiger partial charge on any atom is 0.291 e. The Balaban J connectivity index is 2.02. The molecule has 20 heavy (non-hydrogen) atoms. The van der Waals surface area contributed by atoms with E-state index in [-0.39, 0.29) is 5.56 Å². The first-order valence-corrected chi connectivity index (χ1v) is 9.22. The van der Waals surface area contributed by atoms with Crippen LogP contribution >= 0.6 is 27.7 Å². The highest BCUT2D eigenvalue weighted by Gasteiger charge is 2.20. The lowest BCUT2D eigenvalue weighted by atomic mass is 9.85. The highest BCUT2D eigenvalue weighted by molar-refractivity contribution is 9.10. The maximum atomic E-state index is 12.4. The average molecular weight is 360 g/mol. The number of nitrogens with one attached hydrogen (secondary N) is 1.